The van der Waals surface area contributed by atoms with E-state index >= 15 is 0 Å². The molecular formula is C10H9ClFNO3. The van der Waals surface area contributed by atoms with Gasteiger partial charge in [-0.2, -0.15) is 0 Å². The number of hydrogen-bond donors (Lipinski definition) is 1. The molecule has 0 atom stereocenters. The second-order valence-corrected chi connectivity index (χ2v) is 3.23. The molecule has 0 heterocycles. The first-order chi connectivity index (χ1) is 7.60. The molecule has 0 radical (unpaired) electrons. The Hall–Kier alpha value is -1.62. The van der Waals surface area contributed by atoms with Gasteiger partial charge >= 0.3 is 5.97 Å². The van der Waals surface area contributed by atoms with Crippen molar-refractivity contribution in [3.63, 3.8) is 0 Å². The lowest BCUT2D eigenvalue weighted by molar-refractivity contribution is -0.135. The minimum atomic E-state index is -0.911. The summed E-state index contributed by atoms with van der Waals surface area (Å²) < 4.78 is 18.0. The third-order valence-corrected chi connectivity index (χ3v) is 1.99. The minimum Gasteiger partial charge on any atom is -0.461 e. The molecule has 86 valence electrons. The first kappa shape index (κ1) is 12.4. The Bertz CT molecular complexity index is 434. The summed E-state index contributed by atoms with van der Waals surface area (Å²) >= 11 is 5.64. The highest BCUT2D eigenvalue weighted by molar-refractivity contribution is 6.43. The molecule has 1 N–H and O–H groups in total. The van der Waals surface area contributed by atoms with Crippen molar-refractivity contribution in [2.45, 2.75) is 6.92 Å². The molecule has 1 aromatic rings. The molecule has 0 saturated heterocycles. The molecule has 0 amide bonds. The van der Waals surface area contributed by atoms with Crippen LogP contribution in [0.15, 0.2) is 23.4 Å². The first-order valence-corrected chi connectivity index (χ1v) is 4.82. The van der Waals surface area contributed by atoms with Gasteiger partial charge in [-0.05, 0) is 25.1 Å². The number of oxime groups is 1. The van der Waals surface area contributed by atoms with Crippen LogP contribution in [-0.4, -0.2) is 23.5 Å². The molecule has 0 aliphatic carbocycles. The van der Waals surface area contributed by atoms with Crippen molar-refractivity contribution in [2.75, 3.05) is 6.61 Å². The van der Waals surface area contributed by atoms with Crippen molar-refractivity contribution in [3.8, 4) is 0 Å². The number of carbonyl (C=O) groups is 1. The van der Waals surface area contributed by atoms with E-state index in [0.29, 0.717) is 0 Å². The molecule has 0 unspecified atom stereocenters. The van der Waals surface area contributed by atoms with E-state index in [1.165, 1.54) is 12.1 Å². The summed E-state index contributed by atoms with van der Waals surface area (Å²) in [4.78, 5) is 11.3. The van der Waals surface area contributed by atoms with Crippen molar-refractivity contribution in [2.24, 2.45) is 5.16 Å². The summed E-state index contributed by atoms with van der Waals surface area (Å²) in [5, 5.41) is 11.6. The number of esters is 1. The highest BCUT2D eigenvalue weighted by atomic mass is 35.5. The maximum Gasteiger partial charge on any atom is 0.361 e. The van der Waals surface area contributed by atoms with Gasteiger partial charge in [0, 0.05) is 10.6 Å². The third kappa shape index (κ3) is 2.70. The lowest BCUT2D eigenvalue weighted by Gasteiger charge is -2.05. The molecule has 16 heavy (non-hydrogen) atoms. The lowest BCUT2D eigenvalue weighted by atomic mass is 10.1. The number of rotatable bonds is 3. The van der Waals surface area contributed by atoms with E-state index in [0.717, 1.165) is 6.07 Å². The number of benzene rings is 1. The van der Waals surface area contributed by atoms with E-state index in [1.54, 1.807) is 6.92 Å². The molecule has 1 rings (SSSR count). The zero-order chi connectivity index (χ0) is 12.1. The molecule has 1 aromatic carbocycles. The van der Waals surface area contributed by atoms with Crippen molar-refractivity contribution < 1.29 is 19.1 Å². The molecule has 0 aromatic heterocycles. The predicted octanol–water partition coefficient (Wildman–Crippen LogP) is 2.22. The number of nitrogens with zero attached hydrogens (tertiary/aromatic N) is 1. The quantitative estimate of drug-likeness (QED) is 0.384. The molecule has 6 heteroatoms. The van der Waals surface area contributed by atoms with Gasteiger partial charge in [0.25, 0.3) is 0 Å². The summed E-state index contributed by atoms with van der Waals surface area (Å²) in [5.74, 6) is -1.63. The average Bonchev–Trinajstić information content (AvgIpc) is 2.24. The van der Waals surface area contributed by atoms with Gasteiger partial charge in [0.15, 0.2) is 5.71 Å². The normalized spacial score (nSPS) is 11.3. The van der Waals surface area contributed by atoms with Crippen LogP contribution >= 0.6 is 11.6 Å². The zero-order valence-corrected chi connectivity index (χ0v) is 9.16. The topological polar surface area (TPSA) is 58.9 Å². The largest absolute Gasteiger partial charge is 0.461 e. The third-order valence-electron chi connectivity index (χ3n) is 1.75. The summed E-state index contributed by atoms with van der Waals surface area (Å²) in [5.41, 5.74) is -0.713. The minimum absolute atomic E-state index is 0.0973. The van der Waals surface area contributed by atoms with Gasteiger partial charge < -0.3 is 9.94 Å². The lowest BCUT2D eigenvalue weighted by Crippen LogP contribution is -2.20. The first-order valence-electron chi connectivity index (χ1n) is 4.44. The van der Waals surface area contributed by atoms with Crippen LogP contribution in [0.1, 0.15) is 12.5 Å². The van der Waals surface area contributed by atoms with Gasteiger partial charge in [0.2, 0.25) is 0 Å². The molecule has 4 nitrogen and oxygen atoms in total. The molecule has 0 bridgehead atoms. The van der Waals surface area contributed by atoms with Gasteiger partial charge in [0.1, 0.15) is 5.82 Å². The Labute approximate surface area is 96.3 Å². The molecule has 0 fully saturated rings. The highest BCUT2D eigenvalue weighted by Crippen LogP contribution is 2.16. The van der Waals surface area contributed by atoms with E-state index in [-0.39, 0.29) is 17.2 Å². The van der Waals surface area contributed by atoms with Crippen molar-refractivity contribution in [1.29, 1.82) is 0 Å². The van der Waals surface area contributed by atoms with Crippen LogP contribution in [-0.2, 0) is 9.53 Å². The number of hydrogen-bond acceptors (Lipinski definition) is 4. The van der Waals surface area contributed by atoms with Crippen LogP contribution in [0.4, 0.5) is 4.39 Å². The van der Waals surface area contributed by atoms with Crippen LogP contribution in [0.25, 0.3) is 0 Å². The smallest absolute Gasteiger partial charge is 0.361 e. The Balaban J connectivity index is 3.14. The maximum atomic E-state index is 13.3. The van der Waals surface area contributed by atoms with Gasteiger partial charge in [-0.25, -0.2) is 9.18 Å². The Kier molecular flexibility index (Phi) is 4.25. The molecule has 0 saturated carbocycles. The van der Waals surface area contributed by atoms with E-state index in [1.807, 2.05) is 0 Å². The van der Waals surface area contributed by atoms with E-state index < -0.39 is 17.5 Å². The Morgan fingerprint density at radius 3 is 2.88 bits per heavy atom. The van der Waals surface area contributed by atoms with Crippen molar-refractivity contribution >= 4 is 23.3 Å². The monoisotopic (exact) mass is 245 g/mol. The standard InChI is InChI=1S/C10H9ClFNO3/c1-2-16-10(14)9(13-15)7-5-6(11)3-4-8(7)12/h3-5,15H,2H2,1H3/b13-9+. The number of halogens is 2. The van der Waals surface area contributed by atoms with Crippen molar-refractivity contribution in [3.05, 3.63) is 34.6 Å². The predicted molar refractivity (Wildman–Crippen MR) is 56.4 cm³/mol. The fourth-order valence-electron chi connectivity index (χ4n) is 1.08. The Morgan fingerprint density at radius 2 is 2.31 bits per heavy atom. The summed E-state index contributed by atoms with van der Waals surface area (Å²) in [6.45, 7) is 1.68. The zero-order valence-electron chi connectivity index (χ0n) is 8.41. The van der Waals surface area contributed by atoms with Crippen LogP contribution in [0.5, 0.6) is 0 Å². The van der Waals surface area contributed by atoms with Crippen LogP contribution in [0, 0.1) is 5.82 Å². The fraction of sp³-hybridized carbons (Fsp3) is 0.200. The van der Waals surface area contributed by atoms with Gasteiger partial charge in [-0.3, -0.25) is 0 Å². The van der Waals surface area contributed by atoms with Crippen molar-refractivity contribution in [1.82, 2.24) is 0 Å². The second-order valence-electron chi connectivity index (χ2n) is 2.79. The van der Waals surface area contributed by atoms with E-state index in [2.05, 4.69) is 9.89 Å². The number of carbonyl (C=O) groups excluding carboxylic acids is 1. The van der Waals surface area contributed by atoms with Gasteiger partial charge in [0.05, 0.1) is 6.61 Å². The fourth-order valence-corrected chi connectivity index (χ4v) is 1.26. The Morgan fingerprint density at radius 1 is 1.62 bits per heavy atom. The van der Waals surface area contributed by atoms with Crippen LogP contribution in [0.2, 0.25) is 5.02 Å². The molecule has 0 aliphatic heterocycles. The average molecular weight is 246 g/mol. The van der Waals surface area contributed by atoms with Gasteiger partial charge in [-0.1, -0.05) is 16.8 Å². The van der Waals surface area contributed by atoms with Gasteiger partial charge in [-0.15, -0.1) is 0 Å². The number of ether oxygens (including phenoxy) is 1. The van der Waals surface area contributed by atoms with E-state index in [9.17, 15) is 9.18 Å². The molecule has 0 spiro atoms. The van der Waals surface area contributed by atoms with E-state index in [4.69, 9.17) is 16.8 Å². The molecule has 0 aliphatic rings. The SMILES string of the molecule is CCOC(=O)/C(=N/O)c1cc(Cl)ccc1F. The molecular weight excluding hydrogens is 237 g/mol. The summed E-state index contributed by atoms with van der Waals surface area (Å²) in [7, 11) is 0. The second kappa shape index (κ2) is 5.46. The summed E-state index contributed by atoms with van der Waals surface area (Å²) in [6, 6.07) is 3.57. The summed E-state index contributed by atoms with van der Waals surface area (Å²) in [6.07, 6.45) is 0. The highest BCUT2D eigenvalue weighted by Gasteiger charge is 2.20. The van der Waals surface area contributed by atoms with Crippen LogP contribution in [0.3, 0.4) is 0 Å². The van der Waals surface area contributed by atoms with Crippen LogP contribution < -0.4 is 0 Å². The maximum absolute atomic E-state index is 13.3.